The molecule has 1 atom stereocenters. The van der Waals surface area contributed by atoms with Crippen molar-refractivity contribution in [2.24, 2.45) is 0 Å². The fraction of sp³-hybridized carbons (Fsp3) is 0.250. The summed E-state index contributed by atoms with van der Waals surface area (Å²) in [5, 5.41) is 1.26. The smallest absolute Gasteiger partial charge is 0.338 e. The van der Waals surface area contributed by atoms with Gasteiger partial charge in [0.2, 0.25) is 0 Å². The van der Waals surface area contributed by atoms with Gasteiger partial charge in [-0.3, -0.25) is 0 Å². The fourth-order valence-electron chi connectivity index (χ4n) is 3.45. The van der Waals surface area contributed by atoms with Crippen LogP contribution in [0.15, 0.2) is 48.5 Å². The average Bonchev–Trinajstić information content (AvgIpc) is 2.95. The second-order valence-electron chi connectivity index (χ2n) is 6.22. The Morgan fingerprint density at radius 3 is 2.78 bits per heavy atom. The minimum Gasteiger partial charge on any atom is -0.458 e. The summed E-state index contributed by atoms with van der Waals surface area (Å²) in [6.07, 6.45) is 2.54. The third-order valence-corrected chi connectivity index (χ3v) is 4.67. The molecule has 1 heterocycles. The van der Waals surface area contributed by atoms with Crippen LogP contribution in [-0.2, 0) is 17.6 Å². The van der Waals surface area contributed by atoms with Crippen molar-refractivity contribution in [3.05, 3.63) is 70.9 Å². The van der Waals surface area contributed by atoms with Gasteiger partial charge in [0.05, 0.1) is 5.56 Å². The molecule has 1 aromatic heterocycles. The molecular weight excluding hydrogens is 286 g/mol. The first kappa shape index (κ1) is 14.1. The largest absolute Gasteiger partial charge is 0.458 e. The molecule has 0 spiro atoms. The quantitative estimate of drug-likeness (QED) is 0.721. The summed E-state index contributed by atoms with van der Waals surface area (Å²) < 4.78 is 5.73. The van der Waals surface area contributed by atoms with Crippen molar-refractivity contribution in [1.29, 1.82) is 0 Å². The Hall–Kier alpha value is -2.55. The summed E-state index contributed by atoms with van der Waals surface area (Å²) in [5.41, 5.74) is 5.69. The van der Waals surface area contributed by atoms with Crippen molar-refractivity contribution in [1.82, 2.24) is 4.98 Å². The zero-order valence-electron chi connectivity index (χ0n) is 13.1. The second kappa shape index (κ2) is 5.58. The van der Waals surface area contributed by atoms with E-state index in [0.29, 0.717) is 5.56 Å². The minimum absolute atomic E-state index is 0.0466. The van der Waals surface area contributed by atoms with Crippen LogP contribution in [0.2, 0.25) is 0 Å². The van der Waals surface area contributed by atoms with Gasteiger partial charge in [0.15, 0.2) is 0 Å². The van der Waals surface area contributed by atoms with Crippen molar-refractivity contribution < 1.29 is 9.53 Å². The van der Waals surface area contributed by atoms with Gasteiger partial charge in [-0.15, -0.1) is 0 Å². The monoisotopic (exact) mass is 305 g/mol. The molecule has 0 amide bonds. The molecule has 1 aliphatic carbocycles. The normalized spacial score (nSPS) is 17.0. The van der Waals surface area contributed by atoms with E-state index in [1.54, 1.807) is 12.1 Å². The van der Waals surface area contributed by atoms with Gasteiger partial charge in [-0.2, -0.15) is 0 Å². The summed E-state index contributed by atoms with van der Waals surface area (Å²) in [4.78, 5) is 15.8. The Balaban J connectivity index is 1.58. The zero-order chi connectivity index (χ0) is 15.8. The number of para-hydroxylation sites is 1. The number of aryl methyl sites for hydroxylation is 2. The molecule has 0 saturated carbocycles. The lowest BCUT2D eigenvalue weighted by Crippen LogP contribution is -2.25. The van der Waals surface area contributed by atoms with Crippen molar-refractivity contribution in [3.63, 3.8) is 0 Å². The highest BCUT2D eigenvalue weighted by molar-refractivity contribution is 5.90. The molecule has 0 radical (unpaired) electrons. The lowest BCUT2D eigenvalue weighted by Gasteiger charge is -2.22. The Morgan fingerprint density at radius 1 is 1.13 bits per heavy atom. The van der Waals surface area contributed by atoms with Gasteiger partial charge < -0.3 is 9.72 Å². The van der Waals surface area contributed by atoms with E-state index < -0.39 is 0 Å². The van der Waals surface area contributed by atoms with Crippen molar-refractivity contribution >= 4 is 16.9 Å². The predicted molar refractivity (Wildman–Crippen MR) is 90.7 cm³/mol. The van der Waals surface area contributed by atoms with Crippen molar-refractivity contribution in [2.45, 2.75) is 32.3 Å². The molecule has 0 fully saturated rings. The summed E-state index contributed by atoms with van der Waals surface area (Å²) in [6.45, 7) is 2.12. The number of ether oxygens (including phenoxy) is 1. The van der Waals surface area contributed by atoms with Gasteiger partial charge in [-0.05, 0) is 43.0 Å². The van der Waals surface area contributed by atoms with Crippen LogP contribution in [0.3, 0.4) is 0 Å². The van der Waals surface area contributed by atoms with Crippen LogP contribution in [0.1, 0.15) is 33.6 Å². The molecule has 3 aromatic rings. The number of H-pyrrole nitrogens is 1. The number of hydrogen-bond donors (Lipinski definition) is 1. The number of esters is 1. The van der Waals surface area contributed by atoms with Gasteiger partial charge in [-0.1, -0.05) is 36.4 Å². The van der Waals surface area contributed by atoms with Gasteiger partial charge in [0.25, 0.3) is 0 Å². The van der Waals surface area contributed by atoms with Gasteiger partial charge in [-0.25, -0.2) is 4.79 Å². The fourth-order valence-corrected chi connectivity index (χ4v) is 3.45. The van der Waals surface area contributed by atoms with Crippen molar-refractivity contribution in [2.75, 3.05) is 0 Å². The SMILES string of the molecule is Cc1cccc2c3c([nH]c12)CCC(OC(=O)c1ccccc1)C3. The van der Waals surface area contributed by atoms with Gasteiger partial charge in [0.1, 0.15) is 6.10 Å². The van der Waals surface area contributed by atoms with Crippen LogP contribution >= 0.6 is 0 Å². The van der Waals surface area contributed by atoms with E-state index in [1.807, 2.05) is 18.2 Å². The maximum Gasteiger partial charge on any atom is 0.338 e. The number of rotatable bonds is 2. The number of nitrogens with one attached hydrogen (secondary N) is 1. The number of aromatic amines is 1. The Morgan fingerprint density at radius 2 is 1.96 bits per heavy atom. The summed E-state index contributed by atoms with van der Waals surface area (Å²) in [7, 11) is 0. The van der Waals surface area contributed by atoms with E-state index >= 15 is 0 Å². The Bertz CT molecular complexity index is 864. The minimum atomic E-state index is -0.227. The first-order valence-electron chi connectivity index (χ1n) is 8.07. The zero-order valence-corrected chi connectivity index (χ0v) is 13.1. The molecular formula is C20H19NO2. The highest BCUT2D eigenvalue weighted by Crippen LogP contribution is 2.31. The topological polar surface area (TPSA) is 42.1 Å². The molecule has 1 aliphatic rings. The second-order valence-corrected chi connectivity index (χ2v) is 6.22. The Labute approximate surface area is 135 Å². The number of carbonyl (C=O) groups excluding carboxylic acids is 1. The van der Waals surface area contributed by atoms with Crippen LogP contribution < -0.4 is 0 Å². The van der Waals surface area contributed by atoms with Crippen molar-refractivity contribution in [3.8, 4) is 0 Å². The van der Waals surface area contributed by atoms with Crippen LogP contribution in [0.4, 0.5) is 0 Å². The molecule has 3 heteroatoms. The number of hydrogen-bond acceptors (Lipinski definition) is 2. The lowest BCUT2D eigenvalue weighted by molar-refractivity contribution is 0.0271. The third-order valence-electron chi connectivity index (χ3n) is 4.67. The number of aromatic nitrogens is 1. The molecule has 2 aromatic carbocycles. The summed E-state index contributed by atoms with van der Waals surface area (Å²) in [5.74, 6) is -0.227. The van der Waals surface area contributed by atoms with Crippen LogP contribution in [0.5, 0.6) is 0 Å². The maximum absolute atomic E-state index is 12.3. The molecule has 4 rings (SSSR count). The van der Waals surface area contributed by atoms with Gasteiger partial charge >= 0.3 is 5.97 Å². The average molecular weight is 305 g/mol. The van der Waals surface area contributed by atoms with E-state index in [-0.39, 0.29) is 12.1 Å². The van der Waals surface area contributed by atoms with E-state index in [1.165, 1.54) is 27.7 Å². The number of fused-ring (bicyclic) bond motifs is 3. The highest BCUT2D eigenvalue weighted by Gasteiger charge is 2.25. The summed E-state index contributed by atoms with van der Waals surface area (Å²) in [6, 6.07) is 15.6. The van der Waals surface area contributed by atoms with E-state index in [9.17, 15) is 4.79 Å². The van der Waals surface area contributed by atoms with Crippen LogP contribution in [-0.4, -0.2) is 17.1 Å². The molecule has 0 saturated heterocycles. The molecule has 1 unspecified atom stereocenters. The molecule has 0 bridgehead atoms. The molecule has 3 nitrogen and oxygen atoms in total. The molecule has 1 N–H and O–H groups in total. The number of carbonyl (C=O) groups is 1. The molecule has 23 heavy (non-hydrogen) atoms. The van der Waals surface area contributed by atoms with Crippen LogP contribution in [0, 0.1) is 6.92 Å². The maximum atomic E-state index is 12.3. The van der Waals surface area contributed by atoms with E-state index in [2.05, 4.69) is 30.1 Å². The molecule has 116 valence electrons. The lowest BCUT2D eigenvalue weighted by atomic mass is 9.93. The van der Waals surface area contributed by atoms with E-state index in [0.717, 1.165) is 19.3 Å². The molecule has 0 aliphatic heterocycles. The predicted octanol–water partition coefficient (Wildman–Crippen LogP) is 4.19. The number of benzene rings is 2. The highest BCUT2D eigenvalue weighted by atomic mass is 16.5. The first-order valence-corrected chi connectivity index (χ1v) is 8.07. The summed E-state index contributed by atoms with van der Waals surface area (Å²) >= 11 is 0. The van der Waals surface area contributed by atoms with Crippen LogP contribution in [0.25, 0.3) is 10.9 Å². The first-order chi connectivity index (χ1) is 11.2. The standard InChI is InChI=1S/C20H19NO2/c1-13-6-5-9-16-17-12-15(10-11-18(17)21-19(13)16)23-20(22)14-7-3-2-4-8-14/h2-9,15,21H,10-12H2,1H3. The van der Waals surface area contributed by atoms with E-state index in [4.69, 9.17) is 4.74 Å². The van der Waals surface area contributed by atoms with Gasteiger partial charge in [0, 0.05) is 23.0 Å². The Kier molecular flexibility index (Phi) is 3.41. The third kappa shape index (κ3) is 2.52.